The Hall–Kier alpha value is -3.26. The minimum atomic E-state index is -0.705. The monoisotopic (exact) mass is 495 g/mol. The lowest BCUT2D eigenvalue weighted by molar-refractivity contribution is -0.134. The molecule has 4 rings (SSSR count). The van der Waals surface area contributed by atoms with Gasteiger partial charge in [0.15, 0.2) is 0 Å². The van der Waals surface area contributed by atoms with Gasteiger partial charge in [0.05, 0.1) is 14.2 Å². The molecule has 2 saturated heterocycles. The molecule has 0 bridgehead atoms. The van der Waals surface area contributed by atoms with E-state index in [1.165, 1.54) is 0 Å². The van der Waals surface area contributed by atoms with Gasteiger partial charge >= 0.3 is 6.09 Å². The highest BCUT2D eigenvalue weighted by atomic mass is 16.6. The first-order valence-corrected chi connectivity index (χ1v) is 12.5. The highest BCUT2D eigenvalue weighted by Gasteiger charge is 2.53. The van der Waals surface area contributed by atoms with Gasteiger partial charge in [0.25, 0.3) is 0 Å². The van der Waals surface area contributed by atoms with Gasteiger partial charge in [0, 0.05) is 19.6 Å². The number of rotatable bonds is 6. The number of hydrogen-bond acceptors (Lipinski definition) is 6. The van der Waals surface area contributed by atoms with Gasteiger partial charge in [-0.15, -0.1) is 0 Å². The SMILES string of the molecule is COc1ccc(CCN2C(=O)C3(CCN(C(=O)OC(C)(C)C)CC3)NC2c2ccc(OC)cc2)cc1. The third-order valence-electron chi connectivity index (χ3n) is 6.90. The molecular formula is C28H37N3O5. The highest BCUT2D eigenvalue weighted by molar-refractivity contribution is 5.89. The zero-order valence-electron chi connectivity index (χ0n) is 21.9. The van der Waals surface area contributed by atoms with Crippen molar-refractivity contribution in [1.29, 1.82) is 0 Å². The van der Waals surface area contributed by atoms with Crippen molar-refractivity contribution in [3.05, 3.63) is 59.7 Å². The summed E-state index contributed by atoms with van der Waals surface area (Å²) in [6, 6.07) is 15.8. The maximum Gasteiger partial charge on any atom is 0.410 e. The second-order valence-corrected chi connectivity index (χ2v) is 10.5. The van der Waals surface area contributed by atoms with E-state index in [0.717, 1.165) is 29.0 Å². The normalized spacial score (nSPS) is 19.5. The van der Waals surface area contributed by atoms with E-state index in [-0.39, 0.29) is 18.2 Å². The van der Waals surface area contributed by atoms with Gasteiger partial charge in [-0.3, -0.25) is 10.1 Å². The number of nitrogens with zero attached hydrogens (tertiary/aromatic N) is 2. The Morgan fingerprint density at radius 1 is 0.972 bits per heavy atom. The average Bonchev–Trinajstić information content (AvgIpc) is 3.13. The molecule has 0 radical (unpaired) electrons. The molecule has 2 aromatic rings. The Morgan fingerprint density at radius 2 is 1.53 bits per heavy atom. The summed E-state index contributed by atoms with van der Waals surface area (Å²) in [4.78, 5) is 30.1. The van der Waals surface area contributed by atoms with Gasteiger partial charge in [-0.1, -0.05) is 24.3 Å². The first-order valence-electron chi connectivity index (χ1n) is 12.5. The van der Waals surface area contributed by atoms with E-state index >= 15 is 0 Å². The molecule has 1 unspecified atom stereocenters. The first-order chi connectivity index (χ1) is 17.1. The third-order valence-corrected chi connectivity index (χ3v) is 6.90. The van der Waals surface area contributed by atoms with Crippen molar-refractivity contribution < 1.29 is 23.8 Å². The number of carbonyl (C=O) groups excluding carboxylic acids is 2. The topological polar surface area (TPSA) is 80.3 Å². The van der Waals surface area contributed by atoms with E-state index in [9.17, 15) is 9.59 Å². The van der Waals surface area contributed by atoms with E-state index in [4.69, 9.17) is 14.2 Å². The van der Waals surface area contributed by atoms with Gasteiger partial charge in [-0.25, -0.2) is 4.79 Å². The molecule has 1 N–H and O–H groups in total. The number of piperidine rings is 1. The fourth-order valence-corrected chi connectivity index (χ4v) is 4.87. The summed E-state index contributed by atoms with van der Waals surface area (Å²) in [6.07, 6.45) is 1.22. The van der Waals surface area contributed by atoms with Gasteiger partial charge in [-0.2, -0.15) is 0 Å². The van der Waals surface area contributed by atoms with Gasteiger partial charge in [0.2, 0.25) is 5.91 Å². The molecule has 1 spiro atoms. The molecule has 194 valence electrons. The molecule has 2 heterocycles. The lowest BCUT2D eigenvalue weighted by Crippen LogP contribution is -2.56. The minimum Gasteiger partial charge on any atom is -0.497 e. The molecule has 8 heteroatoms. The summed E-state index contributed by atoms with van der Waals surface area (Å²) in [5, 5.41) is 3.66. The molecule has 0 aliphatic carbocycles. The van der Waals surface area contributed by atoms with Gasteiger partial charge < -0.3 is 24.0 Å². The molecule has 0 saturated carbocycles. The van der Waals surface area contributed by atoms with Crippen molar-refractivity contribution in [3.63, 3.8) is 0 Å². The summed E-state index contributed by atoms with van der Waals surface area (Å²) in [7, 11) is 3.29. The number of methoxy groups -OCH3 is 2. The van der Waals surface area contributed by atoms with Crippen LogP contribution in [0.15, 0.2) is 48.5 Å². The van der Waals surface area contributed by atoms with Gasteiger partial charge in [0.1, 0.15) is 28.8 Å². The zero-order chi connectivity index (χ0) is 25.9. The maximum atomic E-state index is 13.9. The van der Waals surface area contributed by atoms with E-state index in [1.54, 1.807) is 19.1 Å². The molecule has 2 aliphatic rings. The third kappa shape index (κ3) is 5.59. The molecule has 2 amide bonds. The molecule has 8 nitrogen and oxygen atoms in total. The van der Waals surface area contributed by atoms with Crippen molar-refractivity contribution in [1.82, 2.24) is 15.1 Å². The van der Waals surface area contributed by atoms with Crippen molar-refractivity contribution >= 4 is 12.0 Å². The van der Waals surface area contributed by atoms with Crippen LogP contribution in [0.1, 0.15) is 50.9 Å². The van der Waals surface area contributed by atoms with Crippen molar-refractivity contribution in [2.24, 2.45) is 0 Å². The molecule has 36 heavy (non-hydrogen) atoms. The second-order valence-electron chi connectivity index (χ2n) is 10.5. The summed E-state index contributed by atoms with van der Waals surface area (Å²) in [6.45, 7) is 7.09. The van der Waals surface area contributed by atoms with E-state index < -0.39 is 11.1 Å². The van der Waals surface area contributed by atoms with E-state index in [2.05, 4.69) is 5.32 Å². The Kier molecular flexibility index (Phi) is 7.45. The average molecular weight is 496 g/mol. The molecule has 2 aromatic carbocycles. The predicted octanol–water partition coefficient (Wildman–Crippen LogP) is 4.15. The smallest absolute Gasteiger partial charge is 0.410 e. The highest BCUT2D eigenvalue weighted by Crippen LogP contribution is 2.38. The Bertz CT molecular complexity index is 1050. The van der Waals surface area contributed by atoms with Crippen LogP contribution < -0.4 is 14.8 Å². The number of benzene rings is 2. The van der Waals surface area contributed by atoms with E-state index in [0.29, 0.717) is 32.5 Å². The van der Waals surface area contributed by atoms with Crippen LogP contribution in [0.4, 0.5) is 4.79 Å². The lowest BCUT2D eigenvalue weighted by Gasteiger charge is -2.38. The maximum absolute atomic E-state index is 13.9. The number of likely N-dealkylation sites (tertiary alicyclic amines) is 1. The second kappa shape index (κ2) is 10.4. The number of hydrogen-bond donors (Lipinski definition) is 1. The Balaban J connectivity index is 1.52. The van der Waals surface area contributed by atoms with Crippen LogP contribution in [0, 0.1) is 0 Å². The van der Waals surface area contributed by atoms with E-state index in [1.807, 2.05) is 74.2 Å². The quantitative estimate of drug-likeness (QED) is 0.649. The standard InChI is InChI=1S/C28H37N3O5/c1-27(2,3)36-26(33)30-18-15-28(16-19-30)25(32)31(17-14-20-6-10-22(34-4)11-7-20)24(29-28)21-8-12-23(35-5)13-9-21/h6-13,24,29H,14-19H2,1-5H3. The van der Waals surface area contributed by atoms with Crippen molar-refractivity contribution in [2.75, 3.05) is 33.9 Å². The molecule has 2 aliphatic heterocycles. The summed E-state index contributed by atoms with van der Waals surface area (Å²) in [5.74, 6) is 1.67. The number of amides is 2. The van der Waals surface area contributed by atoms with Crippen molar-refractivity contribution in [2.45, 2.75) is 57.3 Å². The summed E-state index contributed by atoms with van der Waals surface area (Å²) >= 11 is 0. The Morgan fingerprint density at radius 3 is 2.06 bits per heavy atom. The summed E-state index contributed by atoms with van der Waals surface area (Å²) < 4.78 is 16.1. The number of nitrogens with one attached hydrogen (secondary N) is 1. The summed E-state index contributed by atoms with van der Waals surface area (Å²) in [5.41, 5.74) is 0.886. The van der Waals surface area contributed by atoms with Crippen LogP contribution >= 0.6 is 0 Å². The first kappa shape index (κ1) is 25.8. The number of ether oxygens (including phenoxy) is 3. The minimum absolute atomic E-state index is 0.0840. The lowest BCUT2D eigenvalue weighted by atomic mass is 9.87. The van der Waals surface area contributed by atoms with Crippen LogP contribution in [0.3, 0.4) is 0 Å². The molecule has 0 aromatic heterocycles. The predicted molar refractivity (Wildman–Crippen MR) is 137 cm³/mol. The van der Waals surface area contributed by atoms with Crippen molar-refractivity contribution in [3.8, 4) is 11.5 Å². The largest absolute Gasteiger partial charge is 0.497 e. The van der Waals surface area contributed by atoms with Crippen LogP contribution in [0.5, 0.6) is 11.5 Å². The molecule has 1 atom stereocenters. The van der Waals surface area contributed by atoms with Crippen LogP contribution in [0.25, 0.3) is 0 Å². The molecule has 2 fully saturated rings. The Labute approximate surface area is 213 Å². The molecular weight excluding hydrogens is 458 g/mol. The van der Waals surface area contributed by atoms with Gasteiger partial charge in [-0.05, 0) is 75.4 Å². The number of carbonyl (C=O) groups is 2. The van der Waals surface area contributed by atoms with Crippen LogP contribution in [-0.2, 0) is 16.0 Å². The fraction of sp³-hybridized carbons (Fsp3) is 0.500. The van der Waals surface area contributed by atoms with Crippen LogP contribution in [-0.4, -0.2) is 66.8 Å². The zero-order valence-corrected chi connectivity index (χ0v) is 21.9. The van der Waals surface area contributed by atoms with Crippen LogP contribution in [0.2, 0.25) is 0 Å². The fourth-order valence-electron chi connectivity index (χ4n) is 4.87.